The highest BCUT2D eigenvalue weighted by Crippen LogP contribution is 2.34. The SMILES string of the molecule is O=C(CN1CCCC(C(=O)NC2CCCCC2)C1)NCC1(N2CCOCC2)CCCCC1. The smallest absolute Gasteiger partial charge is 0.234 e. The van der Waals surface area contributed by atoms with Gasteiger partial charge in [-0.05, 0) is 45.1 Å². The van der Waals surface area contributed by atoms with Crippen LogP contribution >= 0.6 is 0 Å². The van der Waals surface area contributed by atoms with Crippen LogP contribution in [0.3, 0.4) is 0 Å². The van der Waals surface area contributed by atoms with Gasteiger partial charge < -0.3 is 15.4 Å². The van der Waals surface area contributed by atoms with Crippen molar-refractivity contribution in [2.45, 2.75) is 88.6 Å². The number of hydrogen-bond donors (Lipinski definition) is 2. The zero-order valence-electron chi connectivity index (χ0n) is 19.9. The Kier molecular flexibility index (Phi) is 8.83. The van der Waals surface area contributed by atoms with E-state index in [0.717, 1.165) is 65.1 Å². The molecule has 2 saturated heterocycles. The topological polar surface area (TPSA) is 73.9 Å². The normalized spacial score (nSPS) is 28.2. The van der Waals surface area contributed by atoms with Gasteiger partial charge in [-0.2, -0.15) is 0 Å². The Labute approximate surface area is 194 Å². The number of morpholine rings is 1. The summed E-state index contributed by atoms with van der Waals surface area (Å²) in [6, 6.07) is 0.363. The second kappa shape index (κ2) is 11.8. The highest BCUT2D eigenvalue weighted by atomic mass is 16.5. The van der Waals surface area contributed by atoms with Crippen LogP contribution in [-0.2, 0) is 14.3 Å². The Morgan fingerprint density at radius 3 is 2.34 bits per heavy atom. The first-order chi connectivity index (χ1) is 15.6. The minimum Gasteiger partial charge on any atom is -0.379 e. The number of carbonyl (C=O) groups excluding carboxylic acids is 2. The van der Waals surface area contributed by atoms with Crippen LogP contribution in [0.1, 0.15) is 77.0 Å². The average Bonchev–Trinajstić information content (AvgIpc) is 2.85. The zero-order valence-corrected chi connectivity index (χ0v) is 19.9. The molecule has 2 aliphatic carbocycles. The number of likely N-dealkylation sites (tertiary alicyclic amines) is 1. The van der Waals surface area contributed by atoms with Crippen LogP contribution in [0, 0.1) is 5.92 Å². The molecule has 0 spiro atoms. The zero-order chi connectivity index (χ0) is 22.2. The number of piperidine rings is 1. The van der Waals surface area contributed by atoms with E-state index in [1.165, 1.54) is 51.4 Å². The van der Waals surface area contributed by atoms with E-state index < -0.39 is 0 Å². The predicted octanol–water partition coefficient (Wildman–Crippen LogP) is 2.30. The first-order valence-corrected chi connectivity index (χ1v) is 13.3. The van der Waals surface area contributed by atoms with Crippen molar-refractivity contribution in [2.24, 2.45) is 5.92 Å². The number of carbonyl (C=O) groups is 2. The predicted molar refractivity (Wildman–Crippen MR) is 125 cm³/mol. The van der Waals surface area contributed by atoms with Crippen molar-refractivity contribution in [2.75, 3.05) is 52.5 Å². The van der Waals surface area contributed by atoms with Crippen molar-refractivity contribution in [3.63, 3.8) is 0 Å². The fraction of sp³-hybridized carbons (Fsp3) is 0.920. The van der Waals surface area contributed by atoms with Crippen LogP contribution in [0.2, 0.25) is 0 Å². The molecule has 4 fully saturated rings. The van der Waals surface area contributed by atoms with Gasteiger partial charge in [0, 0.05) is 37.8 Å². The molecule has 2 amide bonds. The van der Waals surface area contributed by atoms with Crippen molar-refractivity contribution < 1.29 is 14.3 Å². The molecule has 4 rings (SSSR count). The maximum atomic E-state index is 12.9. The first-order valence-electron chi connectivity index (χ1n) is 13.3. The van der Waals surface area contributed by atoms with Gasteiger partial charge in [-0.25, -0.2) is 0 Å². The third kappa shape index (κ3) is 6.45. The molecule has 32 heavy (non-hydrogen) atoms. The first kappa shape index (κ1) is 24.0. The van der Waals surface area contributed by atoms with E-state index in [0.29, 0.717) is 19.1 Å². The molecule has 7 nitrogen and oxygen atoms in total. The summed E-state index contributed by atoms with van der Waals surface area (Å²) in [5.41, 5.74) is 0.0992. The fourth-order valence-electron chi connectivity index (χ4n) is 6.35. The van der Waals surface area contributed by atoms with E-state index in [4.69, 9.17) is 4.74 Å². The van der Waals surface area contributed by atoms with Crippen molar-refractivity contribution in [3.05, 3.63) is 0 Å². The van der Waals surface area contributed by atoms with E-state index in [2.05, 4.69) is 20.4 Å². The van der Waals surface area contributed by atoms with Crippen LogP contribution in [0.4, 0.5) is 0 Å². The molecule has 0 radical (unpaired) electrons. The average molecular weight is 449 g/mol. The van der Waals surface area contributed by atoms with Crippen LogP contribution < -0.4 is 10.6 Å². The monoisotopic (exact) mass is 448 g/mol. The van der Waals surface area contributed by atoms with E-state index in [1.54, 1.807) is 0 Å². The molecule has 1 atom stereocenters. The largest absolute Gasteiger partial charge is 0.379 e. The molecular formula is C25H44N4O3. The van der Waals surface area contributed by atoms with Crippen LogP contribution in [-0.4, -0.2) is 85.7 Å². The summed E-state index contributed by atoms with van der Waals surface area (Å²) in [6.45, 7) is 6.31. The van der Waals surface area contributed by atoms with Crippen molar-refractivity contribution in [1.29, 1.82) is 0 Å². The second-order valence-corrected chi connectivity index (χ2v) is 10.6. The third-order valence-corrected chi connectivity index (χ3v) is 8.28. The van der Waals surface area contributed by atoms with Gasteiger partial charge in [-0.3, -0.25) is 19.4 Å². The van der Waals surface area contributed by atoms with Gasteiger partial charge in [-0.1, -0.05) is 38.5 Å². The van der Waals surface area contributed by atoms with E-state index in [-0.39, 0.29) is 23.3 Å². The highest BCUT2D eigenvalue weighted by molar-refractivity contribution is 5.80. The Balaban J connectivity index is 1.24. The fourth-order valence-corrected chi connectivity index (χ4v) is 6.35. The van der Waals surface area contributed by atoms with Gasteiger partial charge in [0.25, 0.3) is 0 Å². The van der Waals surface area contributed by atoms with Crippen LogP contribution in [0.5, 0.6) is 0 Å². The van der Waals surface area contributed by atoms with Gasteiger partial charge in [0.05, 0.1) is 25.7 Å². The van der Waals surface area contributed by atoms with Crippen LogP contribution in [0.15, 0.2) is 0 Å². The number of ether oxygens (including phenoxy) is 1. The standard InChI is InChI=1S/C25H44N4O3/c30-23(26-20-25(11-5-2-6-12-25)29-14-16-32-17-15-29)19-28-13-7-8-21(18-28)24(31)27-22-9-3-1-4-10-22/h21-22H,1-20H2,(H,26,30)(H,27,31). The van der Waals surface area contributed by atoms with Crippen molar-refractivity contribution in [1.82, 2.24) is 20.4 Å². The molecule has 0 aromatic carbocycles. The lowest BCUT2D eigenvalue weighted by Gasteiger charge is -2.48. The number of nitrogens with zero attached hydrogens (tertiary/aromatic N) is 2. The number of hydrogen-bond acceptors (Lipinski definition) is 5. The van der Waals surface area contributed by atoms with Gasteiger partial charge >= 0.3 is 0 Å². The quantitative estimate of drug-likeness (QED) is 0.625. The lowest BCUT2D eigenvalue weighted by molar-refractivity contribution is -0.130. The number of nitrogens with one attached hydrogen (secondary N) is 2. The van der Waals surface area contributed by atoms with Gasteiger partial charge in [0.2, 0.25) is 11.8 Å². The molecule has 0 bridgehead atoms. The Hall–Kier alpha value is -1.18. The van der Waals surface area contributed by atoms with Gasteiger partial charge in [0.15, 0.2) is 0 Å². The molecule has 2 heterocycles. The Bertz CT molecular complexity index is 610. The molecule has 182 valence electrons. The third-order valence-electron chi connectivity index (χ3n) is 8.28. The Morgan fingerprint density at radius 2 is 1.59 bits per heavy atom. The number of rotatable bonds is 7. The molecule has 0 aromatic heterocycles. The molecular weight excluding hydrogens is 404 g/mol. The summed E-state index contributed by atoms with van der Waals surface area (Å²) in [5, 5.41) is 6.57. The molecule has 0 aromatic rings. The van der Waals surface area contributed by atoms with Crippen molar-refractivity contribution >= 4 is 11.8 Å². The minimum atomic E-state index is 0.0245. The van der Waals surface area contributed by atoms with Crippen molar-refractivity contribution in [3.8, 4) is 0 Å². The van der Waals surface area contributed by atoms with Gasteiger partial charge in [-0.15, -0.1) is 0 Å². The minimum absolute atomic E-state index is 0.0245. The molecule has 1 unspecified atom stereocenters. The summed E-state index contributed by atoms with van der Waals surface area (Å²) in [7, 11) is 0. The number of amides is 2. The second-order valence-electron chi connectivity index (χ2n) is 10.6. The Morgan fingerprint density at radius 1 is 0.875 bits per heavy atom. The molecule has 2 saturated carbocycles. The van der Waals surface area contributed by atoms with E-state index in [1.807, 2.05) is 0 Å². The summed E-state index contributed by atoms with van der Waals surface area (Å²) in [6.07, 6.45) is 14.1. The van der Waals surface area contributed by atoms with Crippen LogP contribution in [0.25, 0.3) is 0 Å². The molecule has 4 aliphatic rings. The highest BCUT2D eigenvalue weighted by Gasteiger charge is 2.39. The summed E-state index contributed by atoms with van der Waals surface area (Å²) in [5.74, 6) is 0.337. The molecule has 2 aliphatic heterocycles. The van der Waals surface area contributed by atoms with E-state index >= 15 is 0 Å². The lowest BCUT2D eigenvalue weighted by Crippen LogP contribution is -2.60. The summed E-state index contributed by atoms with van der Waals surface area (Å²) >= 11 is 0. The maximum absolute atomic E-state index is 12.9. The summed E-state index contributed by atoms with van der Waals surface area (Å²) < 4.78 is 5.57. The summed E-state index contributed by atoms with van der Waals surface area (Å²) in [4.78, 5) is 30.4. The molecule has 7 heteroatoms. The van der Waals surface area contributed by atoms with Gasteiger partial charge in [0.1, 0.15) is 0 Å². The van der Waals surface area contributed by atoms with E-state index in [9.17, 15) is 9.59 Å². The maximum Gasteiger partial charge on any atom is 0.234 e. The lowest BCUT2D eigenvalue weighted by atomic mass is 9.79. The molecule has 2 N–H and O–H groups in total.